The molecule has 3 atom stereocenters. The lowest BCUT2D eigenvalue weighted by molar-refractivity contribution is 0.309. The monoisotopic (exact) mass is 167 g/mol. The molecule has 3 unspecified atom stereocenters. The minimum absolute atomic E-state index is 0.330. The minimum Gasteiger partial charge on any atom is -0.315 e. The van der Waals surface area contributed by atoms with Gasteiger partial charge in [0.2, 0.25) is 0 Å². The molecule has 0 aromatic rings. The van der Waals surface area contributed by atoms with E-state index in [1.165, 1.54) is 6.42 Å². The van der Waals surface area contributed by atoms with Crippen molar-refractivity contribution in [1.82, 2.24) is 4.90 Å². The molecule has 3 heteroatoms. The lowest BCUT2D eigenvalue weighted by atomic mass is 10.3. The van der Waals surface area contributed by atoms with Crippen molar-refractivity contribution in [1.29, 1.82) is 5.26 Å². The van der Waals surface area contributed by atoms with Crippen molar-refractivity contribution in [2.24, 2.45) is 17.6 Å². The smallest absolute Gasteiger partial charge is 0.106 e. The quantitative estimate of drug-likeness (QED) is 0.660. The molecular weight excluding hydrogens is 150 g/mol. The molecule has 1 aliphatic rings. The van der Waals surface area contributed by atoms with Crippen molar-refractivity contribution in [2.75, 3.05) is 20.1 Å². The molecule has 0 aliphatic heterocycles. The van der Waals surface area contributed by atoms with Crippen LogP contribution >= 0.6 is 0 Å². The molecule has 0 aromatic carbocycles. The number of likely N-dealkylation sites (N-methyl/N-ethyl adjacent to an activating group) is 1. The number of hydrogen-bond donors (Lipinski definition) is 1. The van der Waals surface area contributed by atoms with Crippen LogP contribution in [0.15, 0.2) is 0 Å². The Morgan fingerprint density at radius 1 is 1.75 bits per heavy atom. The van der Waals surface area contributed by atoms with E-state index < -0.39 is 0 Å². The summed E-state index contributed by atoms with van der Waals surface area (Å²) in [6.07, 6.45) is 1.34. The molecule has 2 N–H and O–H groups in total. The molecule has 1 fully saturated rings. The zero-order chi connectivity index (χ0) is 9.14. The predicted molar refractivity (Wildman–Crippen MR) is 48.4 cm³/mol. The fourth-order valence-electron chi connectivity index (χ4n) is 1.50. The highest BCUT2D eigenvalue weighted by atomic mass is 15.1. The second-order valence-corrected chi connectivity index (χ2v) is 3.93. The van der Waals surface area contributed by atoms with Gasteiger partial charge in [-0.3, -0.25) is 0 Å². The molecule has 0 radical (unpaired) electrons. The van der Waals surface area contributed by atoms with Gasteiger partial charge >= 0.3 is 0 Å². The predicted octanol–water partition coefficient (Wildman–Crippen LogP) is 0.425. The third-order valence-corrected chi connectivity index (χ3v) is 2.50. The Hall–Kier alpha value is -0.590. The van der Waals surface area contributed by atoms with Gasteiger partial charge in [-0.15, -0.1) is 0 Å². The van der Waals surface area contributed by atoms with Crippen molar-refractivity contribution >= 4 is 0 Å². The van der Waals surface area contributed by atoms with E-state index in [4.69, 9.17) is 11.0 Å². The third-order valence-electron chi connectivity index (χ3n) is 2.50. The molecule has 0 saturated heterocycles. The fraction of sp³-hybridized carbons (Fsp3) is 0.889. The van der Waals surface area contributed by atoms with Crippen molar-refractivity contribution in [3.8, 4) is 6.07 Å². The van der Waals surface area contributed by atoms with Crippen molar-refractivity contribution < 1.29 is 0 Å². The van der Waals surface area contributed by atoms with Crippen LogP contribution < -0.4 is 5.73 Å². The Bertz CT molecular complexity index is 185. The SMILES string of the molecule is CC1CC1CN(C)CC(N)C#N. The van der Waals surface area contributed by atoms with Crippen LogP contribution in [0.1, 0.15) is 13.3 Å². The maximum absolute atomic E-state index is 8.48. The van der Waals surface area contributed by atoms with Crippen LogP contribution in [0.5, 0.6) is 0 Å². The molecule has 1 saturated carbocycles. The van der Waals surface area contributed by atoms with Gasteiger partial charge in [0.25, 0.3) is 0 Å². The molecule has 1 aliphatic carbocycles. The Morgan fingerprint density at radius 3 is 2.75 bits per heavy atom. The van der Waals surface area contributed by atoms with Crippen molar-refractivity contribution in [3.05, 3.63) is 0 Å². The standard InChI is InChI=1S/C9H17N3/c1-7-3-8(7)5-12(2)6-9(11)4-10/h7-9H,3,5-6,11H2,1-2H3. The third kappa shape index (κ3) is 2.80. The summed E-state index contributed by atoms with van der Waals surface area (Å²) in [6, 6.07) is 1.71. The van der Waals surface area contributed by atoms with E-state index in [1.807, 2.05) is 13.1 Å². The van der Waals surface area contributed by atoms with Crippen LogP contribution in [0.2, 0.25) is 0 Å². The van der Waals surface area contributed by atoms with E-state index >= 15 is 0 Å². The molecule has 0 aromatic heterocycles. The summed E-state index contributed by atoms with van der Waals surface area (Å²) in [7, 11) is 2.03. The molecule has 0 bridgehead atoms. The summed E-state index contributed by atoms with van der Waals surface area (Å²) in [5.74, 6) is 1.73. The van der Waals surface area contributed by atoms with Gasteiger partial charge in [0, 0.05) is 13.1 Å². The molecule has 3 nitrogen and oxygen atoms in total. The summed E-state index contributed by atoms with van der Waals surface area (Å²) >= 11 is 0. The minimum atomic E-state index is -0.330. The van der Waals surface area contributed by atoms with E-state index in [0.717, 1.165) is 18.4 Å². The Labute approximate surface area is 74.1 Å². The first-order valence-electron chi connectivity index (χ1n) is 4.47. The van der Waals surface area contributed by atoms with Gasteiger partial charge in [-0.25, -0.2) is 0 Å². The van der Waals surface area contributed by atoms with Crippen LogP contribution in [0, 0.1) is 23.2 Å². The zero-order valence-electron chi connectivity index (χ0n) is 7.83. The van der Waals surface area contributed by atoms with Gasteiger partial charge in [0.15, 0.2) is 0 Å². The highest BCUT2D eigenvalue weighted by molar-refractivity contribution is 4.90. The first-order chi connectivity index (χ1) is 5.63. The van der Waals surface area contributed by atoms with Gasteiger partial charge in [0.1, 0.15) is 6.04 Å². The van der Waals surface area contributed by atoms with Gasteiger partial charge in [-0.05, 0) is 25.3 Å². The van der Waals surface area contributed by atoms with Gasteiger partial charge < -0.3 is 10.6 Å². The van der Waals surface area contributed by atoms with E-state index in [-0.39, 0.29) is 6.04 Å². The van der Waals surface area contributed by atoms with Crippen LogP contribution in [-0.4, -0.2) is 31.1 Å². The Kier molecular flexibility index (Phi) is 3.07. The van der Waals surface area contributed by atoms with Crippen LogP contribution in [-0.2, 0) is 0 Å². The van der Waals surface area contributed by atoms with Gasteiger partial charge in [-0.2, -0.15) is 5.26 Å². The highest BCUT2D eigenvalue weighted by Crippen LogP contribution is 2.37. The first-order valence-corrected chi connectivity index (χ1v) is 4.47. The fourth-order valence-corrected chi connectivity index (χ4v) is 1.50. The maximum Gasteiger partial charge on any atom is 0.106 e. The van der Waals surface area contributed by atoms with E-state index in [1.54, 1.807) is 0 Å². The topological polar surface area (TPSA) is 53.0 Å². The molecule has 0 heterocycles. The normalized spacial score (nSPS) is 29.9. The van der Waals surface area contributed by atoms with Crippen LogP contribution in [0.3, 0.4) is 0 Å². The molecule has 1 rings (SSSR count). The Morgan fingerprint density at radius 2 is 2.33 bits per heavy atom. The molecule has 12 heavy (non-hydrogen) atoms. The van der Waals surface area contributed by atoms with Crippen molar-refractivity contribution in [3.63, 3.8) is 0 Å². The van der Waals surface area contributed by atoms with E-state index in [2.05, 4.69) is 11.8 Å². The molecule has 0 spiro atoms. The second kappa shape index (κ2) is 3.88. The summed E-state index contributed by atoms with van der Waals surface area (Å²) in [5.41, 5.74) is 5.50. The number of hydrogen-bond acceptors (Lipinski definition) is 3. The van der Waals surface area contributed by atoms with Gasteiger partial charge in [-0.1, -0.05) is 6.92 Å². The molecular formula is C9H17N3. The van der Waals surface area contributed by atoms with Crippen LogP contribution in [0.4, 0.5) is 0 Å². The summed E-state index contributed by atoms with van der Waals surface area (Å²) in [6.45, 7) is 4.05. The Balaban J connectivity index is 2.12. The first kappa shape index (κ1) is 9.50. The maximum atomic E-state index is 8.48. The number of rotatable bonds is 4. The summed E-state index contributed by atoms with van der Waals surface area (Å²) in [4.78, 5) is 2.15. The number of nitrogens with two attached hydrogens (primary N) is 1. The summed E-state index contributed by atoms with van der Waals surface area (Å²) in [5, 5.41) is 8.48. The molecule has 68 valence electrons. The lowest BCUT2D eigenvalue weighted by Crippen LogP contribution is -2.35. The lowest BCUT2D eigenvalue weighted by Gasteiger charge is -2.17. The van der Waals surface area contributed by atoms with E-state index in [9.17, 15) is 0 Å². The highest BCUT2D eigenvalue weighted by Gasteiger charge is 2.33. The number of nitriles is 1. The van der Waals surface area contributed by atoms with Gasteiger partial charge in [0.05, 0.1) is 6.07 Å². The van der Waals surface area contributed by atoms with E-state index in [0.29, 0.717) is 6.54 Å². The second-order valence-electron chi connectivity index (χ2n) is 3.93. The molecule has 0 amide bonds. The van der Waals surface area contributed by atoms with Crippen molar-refractivity contribution in [2.45, 2.75) is 19.4 Å². The average molecular weight is 167 g/mol. The zero-order valence-corrected chi connectivity index (χ0v) is 7.83. The largest absolute Gasteiger partial charge is 0.315 e. The van der Waals surface area contributed by atoms with Crippen LogP contribution in [0.25, 0.3) is 0 Å². The number of nitrogens with zero attached hydrogens (tertiary/aromatic N) is 2. The summed E-state index contributed by atoms with van der Waals surface area (Å²) < 4.78 is 0. The average Bonchev–Trinajstić information content (AvgIpc) is 2.66.